The van der Waals surface area contributed by atoms with E-state index < -0.39 is 31.1 Å². The second kappa shape index (κ2) is 4.68. The Labute approximate surface area is 99.6 Å². The van der Waals surface area contributed by atoms with E-state index in [0.29, 0.717) is 0 Å². The average Bonchev–Trinajstić information content (AvgIpc) is 2.14. The molecule has 1 heterocycles. The van der Waals surface area contributed by atoms with Gasteiger partial charge in [0.05, 0.1) is 17.6 Å². The van der Waals surface area contributed by atoms with E-state index in [-0.39, 0.29) is 5.88 Å². The van der Waals surface area contributed by atoms with Gasteiger partial charge >= 0.3 is 0 Å². The van der Waals surface area contributed by atoms with Crippen LogP contribution in [0, 0.1) is 0 Å². The number of hydrogen-bond acceptors (Lipinski definition) is 4. The van der Waals surface area contributed by atoms with E-state index >= 15 is 0 Å². The highest BCUT2D eigenvalue weighted by atomic mass is 35.7. The summed E-state index contributed by atoms with van der Waals surface area (Å²) in [6, 6.07) is 0.787. The summed E-state index contributed by atoms with van der Waals surface area (Å²) < 4.78 is 51.9. The third-order valence-corrected chi connectivity index (χ3v) is 3.29. The molecular formula is C7H5Cl2F2NO3S. The number of alkyl halides is 2. The number of rotatable bonds is 3. The third-order valence-electron chi connectivity index (χ3n) is 1.64. The van der Waals surface area contributed by atoms with Crippen LogP contribution in [0.5, 0.6) is 5.88 Å². The summed E-state index contributed by atoms with van der Waals surface area (Å²) in [5.74, 6) is -0.214. The van der Waals surface area contributed by atoms with Gasteiger partial charge in [0.2, 0.25) is 5.88 Å². The largest absolute Gasteiger partial charge is 0.481 e. The Hall–Kier alpha value is -0.660. The molecule has 0 aliphatic rings. The van der Waals surface area contributed by atoms with Crippen molar-refractivity contribution in [1.82, 2.24) is 4.98 Å². The molecule has 0 aromatic carbocycles. The fraction of sp³-hybridized carbons (Fsp3) is 0.286. The highest BCUT2D eigenvalue weighted by molar-refractivity contribution is 8.13. The lowest BCUT2D eigenvalue weighted by molar-refractivity contribution is 0.147. The molecule has 4 nitrogen and oxygen atoms in total. The molecule has 0 spiro atoms. The maximum Gasteiger partial charge on any atom is 0.268 e. The molecule has 0 aliphatic carbocycles. The SMILES string of the molecule is COc1cc(S(=O)(=O)Cl)c(C(F)F)c(Cl)n1. The van der Waals surface area contributed by atoms with Gasteiger partial charge in [-0.15, -0.1) is 0 Å². The molecule has 0 saturated carbocycles. The van der Waals surface area contributed by atoms with E-state index in [2.05, 4.69) is 9.72 Å². The van der Waals surface area contributed by atoms with Crippen LogP contribution in [0.2, 0.25) is 5.15 Å². The van der Waals surface area contributed by atoms with Gasteiger partial charge in [-0.3, -0.25) is 0 Å². The zero-order valence-electron chi connectivity index (χ0n) is 7.75. The Morgan fingerprint density at radius 3 is 2.44 bits per heavy atom. The summed E-state index contributed by atoms with van der Waals surface area (Å²) in [5.41, 5.74) is -0.933. The minimum absolute atomic E-state index is 0.214. The van der Waals surface area contributed by atoms with Crippen molar-refractivity contribution in [2.24, 2.45) is 0 Å². The van der Waals surface area contributed by atoms with Crippen molar-refractivity contribution in [2.75, 3.05) is 7.11 Å². The zero-order valence-corrected chi connectivity index (χ0v) is 10.1. The molecule has 0 aliphatic heterocycles. The first-order valence-corrected chi connectivity index (χ1v) is 6.43. The molecule has 90 valence electrons. The normalized spacial score (nSPS) is 11.9. The summed E-state index contributed by atoms with van der Waals surface area (Å²) in [4.78, 5) is 2.62. The van der Waals surface area contributed by atoms with Crippen LogP contribution in [-0.4, -0.2) is 20.5 Å². The standard InChI is InChI=1S/C7H5Cl2F2NO3S/c1-15-4-2-3(16(9,13)14)5(7(10)11)6(8)12-4/h2,7H,1H3. The van der Waals surface area contributed by atoms with Gasteiger partial charge in [0.1, 0.15) is 5.15 Å². The monoisotopic (exact) mass is 291 g/mol. The van der Waals surface area contributed by atoms with Crippen LogP contribution in [0.25, 0.3) is 0 Å². The molecule has 1 rings (SSSR count). The van der Waals surface area contributed by atoms with Crippen molar-refractivity contribution in [3.8, 4) is 5.88 Å². The van der Waals surface area contributed by atoms with Crippen LogP contribution in [-0.2, 0) is 9.05 Å². The predicted molar refractivity (Wildman–Crippen MR) is 53.8 cm³/mol. The zero-order chi connectivity index (χ0) is 12.5. The lowest BCUT2D eigenvalue weighted by Gasteiger charge is -2.09. The topological polar surface area (TPSA) is 56.3 Å². The Bertz CT molecular complexity index is 507. The van der Waals surface area contributed by atoms with Crippen molar-refractivity contribution < 1.29 is 21.9 Å². The Kier molecular flexibility index (Phi) is 3.92. The fourth-order valence-electron chi connectivity index (χ4n) is 0.985. The summed E-state index contributed by atoms with van der Waals surface area (Å²) in [7, 11) is 1.85. The van der Waals surface area contributed by atoms with Crippen LogP contribution in [0.3, 0.4) is 0 Å². The summed E-state index contributed by atoms with van der Waals surface area (Å²) in [6.07, 6.45) is -3.10. The summed E-state index contributed by atoms with van der Waals surface area (Å²) >= 11 is 5.42. The number of methoxy groups -OCH3 is 1. The van der Waals surface area contributed by atoms with Crippen molar-refractivity contribution in [3.05, 3.63) is 16.8 Å². The number of ether oxygens (including phenoxy) is 1. The molecule has 0 N–H and O–H groups in total. The molecule has 0 fully saturated rings. The van der Waals surface area contributed by atoms with E-state index in [1.807, 2.05) is 0 Å². The molecule has 16 heavy (non-hydrogen) atoms. The first kappa shape index (κ1) is 13.4. The highest BCUT2D eigenvalue weighted by Gasteiger charge is 2.27. The Morgan fingerprint density at radius 2 is 2.06 bits per heavy atom. The second-order valence-corrected chi connectivity index (χ2v) is 5.50. The van der Waals surface area contributed by atoms with Crippen LogP contribution in [0.4, 0.5) is 8.78 Å². The van der Waals surface area contributed by atoms with Gasteiger partial charge in [0.25, 0.3) is 15.5 Å². The predicted octanol–water partition coefficient (Wildman–Crippen LogP) is 2.61. The van der Waals surface area contributed by atoms with Gasteiger partial charge in [-0.25, -0.2) is 22.2 Å². The number of nitrogens with zero attached hydrogens (tertiary/aromatic N) is 1. The van der Waals surface area contributed by atoms with Gasteiger partial charge in [-0.05, 0) is 0 Å². The molecule has 0 atom stereocenters. The minimum Gasteiger partial charge on any atom is -0.481 e. The number of aromatic nitrogens is 1. The maximum atomic E-state index is 12.6. The molecule has 9 heteroatoms. The molecule has 1 aromatic rings. The van der Waals surface area contributed by atoms with Gasteiger partial charge in [0.15, 0.2) is 0 Å². The maximum absolute atomic E-state index is 12.6. The van der Waals surface area contributed by atoms with Crippen molar-refractivity contribution in [1.29, 1.82) is 0 Å². The van der Waals surface area contributed by atoms with Crippen molar-refractivity contribution in [2.45, 2.75) is 11.3 Å². The van der Waals surface area contributed by atoms with E-state index in [1.54, 1.807) is 0 Å². The first-order valence-electron chi connectivity index (χ1n) is 3.74. The molecule has 0 amide bonds. The molecular weight excluding hydrogens is 287 g/mol. The number of hydrogen-bond donors (Lipinski definition) is 0. The molecule has 0 unspecified atom stereocenters. The van der Waals surface area contributed by atoms with Crippen LogP contribution >= 0.6 is 22.3 Å². The van der Waals surface area contributed by atoms with E-state index in [9.17, 15) is 17.2 Å². The summed E-state index contributed by atoms with van der Waals surface area (Å²) in [5, 5.41) is -0.659. The van der Waals surface area contributed by atoms with Crippen LogP contribution in [0.1, 0.15) is 12.0 Å². The lowest BCUT2D eigenvalue weighted by atomic mass is 10.3. The molecule has 0 radical (unpaired) electrons. The van der Waals surface area contributed by atoms with E-state index in [0.717, 1.165) is 6.07 Å². The Balaban J connectivity index is 3.60. The third kappa shape index (κ3) is 2.72. The van der Waals surface area contributed by atoms with Gasteiger partial charge in [0, 0.05) is 16.7 Å². The number of pyridine rings is 1. The number of halogens is 4. The van der Waals surface area contributed by atoms with Crippen LogP contribution in [0.15, 0.2) is 11.0 Å². The van der Waals surface area contributed by atoms with Crippen molar-refractivity contribution >= 4 is 31.3 Å². The molecule has 0 saturated heterocycles. The highest BCUT2D eigenvalue weighted by Crippen LogP contribution is 2.35. The Morgan fingerprint density at radius 1 is 1.50 bits per heavy atom. The second-order valence-electron chi connectivity index (χ2n) is 2.61. The lowest BCUT2D eigenvalue weighted by Crippen LogP contribution is -2.03. The van der Waals surface area contributed by atoms with Gasteiger partial charge < -0.3 is 4.74 Å². The smallest absolute Gasteiger partial charge is 0.268 e. The van der Waals surface area contributed by atoms with Crippen molar-refractivity contribution in [3.63, 3.8) is 0 Å². The quantitative estimate of drug-likeness (QED) is 0.634. The fourth-order valence-corrected chi connectivity index (χ4v) is 2.38. The summed E-state index contributed by atoms with van der Waals surface area (Å²) in [6.45, 7) is 0. The first-order chi connectivity index (χ1) is 7.27. The van der Waals surface area contributed by atoms with Gasteiger partial charge in [-0.2, -0.15) is 0 Å². The molecule has 1 aromatic heterocycles. The van der Waals surface area contributed by atoms with Gasteiger partial charge in [-0.1, -0.05) is 11.6 Å². The van der Waals surface area contributed by atoms with E-state index in [4.69, 9.17) is 22.3 Å². The average molecular weight is 292 g/mol. The minimum atomic E-state index is -4.35. The van der Waals surface area contributed by atoms with E-state index in [1.165, 1.54) is 7.11 Å². The molecule has 0 bridgehead atoms. The van der Waals surface area contributed by atoms with Crippen LogP contribution < -0.4 is 4.74 Å².